The third-order valence-corrected chi connectivity index (χ3v) is 5.46. The second-order valence-corrected chi connectivity index (χ2v) is 7.26. The maximum atomic E-state index is 2.48. The molecule has 0 saturated carbocycles. The van der Waals surface area contributed by atoms with Crippen LogP contribution in [0, 0.1) is 6.92 Å². The lowest BCUT2D eigenvalue weighted by Crippen LogP contribution is -2.02. The van der Waals surface area contributed by atoms with Crippen molar-refractivity contribution in [3.8, 4) is 28.1 Å². The maximum absolute atomic E-state index is 2.48. The van der Waals surface area contributed by atoms with Crippen molar-refractivity contribution in [1.82, 2.24) is 4.57 Å². The molecule has 1 heterocycles. The van der Waals surface area contributed by atoms with Gasteiger partial charge in [0.15, 0.2) is 0 Å². The van der Waals surface area contributed by atoms with E-state index < -0.39 is 0 Å². The molecule has 0 fully saturated rings. The van der Waals surface area contributed by atoms with E-state index in [1.165, 1.54) is 44.9 Å². The third kappa shape index (κ3) is 3.18. The molecule has 3 aromatic carbocycles. The average Bonchev–Trinajstić information content (AvgIpc) is 3.09. The van der Waals surface area contributed by atoms with Crippen molar-refractivity contribution >= 4 is 0 Å². The minimum atomic E-state index is 0.984. The van der Waals surface area contributed by atoms with E-state index in [0.29, 0.717) is 0 Å². The summed E-state index contributed by atoms with van der Waals surface area (Å²) in [6, 6.07) is 30.6. The molecule has 140 valence electrons. The minimum absolute atomic E-state index is 0.984. The molecule has 4 aromatic rings. The number of nitrogens with zero attached hydrogens (tertiary/aromatic N) is 1. The highest BCUT2D eigenvalue weighted by molar-refractivity contribution is 5.82. The van der Waals surface area contributed by atoms with Crippen molar-refractivity contribution in [1.29, 1.82) is 0 Å². The number of hydrogen-bond acceptors (Lipinski definition) is 0. The van der Waals surface area contributed by atoms with Crippen LogP contribution in [-0.2, 0) is 12.8 Å². The van der Waals surface area contributed by atoms with Crippen LogP contribution in [0.2, 0.25) is 0 Å². The summed E-state index contributed by atoms with van der Waals surface area (Å²) in [6.45, 7) is 6.68. The molecule has 0 saturated heterocycles. The minimum Gasteiger partial charge on any atom is -0.313 e. The summed E-state index contributed by atoms with van der Waals surface area (Å²) >= 11 is 0. The van der Waals surface area contributed by atoms with E-state index in [-0.39, 0.29) is 0 Å². The molecule has 0 spiro atoms. The molecule has 0 aliphatic rings. The highest BCUT2D eigenvalue weighted by atomic mass is 15.0. The smallest absolute Gasteiger partial charge is 0.0569 e. The SMILES string of the molecule is CCc1c(-c2ccccc2)c(CC)n(-c2ccc(C)cc2)c1-c1ccccc1. The topological polar surface area (TPSA) is 4.93 Å². The Labute approximate surface area is 168 Å². The van der Waals surface area contributed by atoms with E-state index >= 15 is 0 Å². The standard InChI is InChI=1S/C27H27N/c1-4-24-26(21-12-8-6-9-13-21)25(5-2)28(23-18-16-20(3)17-19-23)27(24)22-14-10-7-11-15-22/h6-19H,4-5H2,1-3H3. The Hall–Kier alpha value is -3.06. The molecule has 0 amide bonds. The van der Waals surface area contributed by atoms with Crippen molar-refractivity contribution in [3.05, 3.63) is 102 Å². The van der Waals surface area contributed by atoms with Crippen molar-refractivity contribution < 1.29 is 0 Å². The maximum Gasteiger partial charge on any atom is 0.0569 e. The fourth-order valence-corrected chi connectivity index (χ4v) is 4.18. The van der Waals surface area contributed by atoms with E-state index in [4.69, 9.17) is 0 Å². The van der Waals surface area contributed by atoms with Crippen molar-refractivity contribution in [2.24, 2.45) is 0 Å². The van der Waals surface area contributed by atoms with Gasteiger partial charge in [0.25, 0.3) is 0 Å². The molecular weight excluding hydrogens is 338 g/mol. The van der Waals surface area contributed by atoms with Gasteiger partial charge >= 0.3 is 0 Å². The quantitative estimate of drug-likeness (QED) is 0.351. The largest absolute Gasteiger partial charge is 0.313 e. The van der Waals surface area contributed by atoms with Gasteiger partial charge in [0.2, 0.25) is 0 Å². The fraction of sp³-hybridized carbons (Fsp3) is 0.185. The van der Waals surface area contributed by atoms with Gasteiger partial charge < -0.3 is 4.57 Å². The Morgan fingerprint density at radius 2 is 1.21 bits per heavy atom. The summed E-state index contributed by atoms with van der Waals surface area (Å²) in [4.78, 5) is 0. The third-order valence-electron chi connectivity index (χ3n) is 5.46. The average molecular weight is 366 g/mol. The first-order valence-corrected chi connectivity index (χ1v) is 10.2. The van der Waals surface area contributed by atoms with Crippen LogP contribution >= 0.6 is 0 Å². The Bertz CT molecular complexity index is 1050. The molecule has 0 aliphatic heterocycles. The molecule has 0 unspecified atom stereocenters. The summed E-state index contributed by atoms with van der Waals surface area (Å²) in [6.07, 6.45) is 1.98. The van der Waals surface area contributed by atoms with Gasteiger partial charge in [0, 0.05) is 16.9 Å². The highest BCUT2D eigenvalue weighted by Crippen LogP contribution is 2.40. The van der Waals surface area contributed by atoms with Crippen LogP contribution in [0.1, 0.15) is 30.7 Å². The zero-order valence-corrected chi connectivity index (χ0v) is 16.9. The first kappa shape index (κ1) is 18.3. The summed E-state index contributed by atoms with van der Waals surface area (Å²) in [5.74, 6) is 0. The van der Waals surface area contributed by atoms with E-state index in [0.717, 1.165) is 12.8 Å². The van der Waals surface area contributed by atoms with Crippen LogP contribution in [0.3, 0.4) is 0 Å². The van der Waals surface area contributed by atoms with Gasteiger partial charge in [-0.2, -0.15) is 0 Å². The molecule has 1 aromatic heterocycles. The van der Waals surface area contributed by atoms with E-state index in [1.54, 1.807) is 0 Å². The van der Waals surface area contributed by atoms with E-state index in [2.05, 4.69) is 110 Å². The fourth-order valence-electron chi connectivity index (χ4n) is 4.18. The van der Waals surface area contributed by atoms with Crippen LogP contribution in [0.15, 0.2) is 84.9 Å². The Kier molecular flexibility index (Phi) is 5.16. The highest BCUT2D eigenvalue weighted by Gasteiger charge is 2.23. The zero-order valence-electron chi connectivity index (χ0n) is 16.9. The molecule has 0 aliphatic carbocycles. The van der Waals surface area contributed by atoms with Crippen molar-refractivity contribution in [3.63, 3.8) is 0 Å². The zero-order chi connectivity index (χ0) is 19.5. The first-order valence-electron chi connectivity index (χ1n) is 10.2. The van der Waals surface area contributed by atoms with Gasteiger partial charge in [0.05, 0.1) is 5.69 Å². The predicted octanol–water partition coefficient (Wildman–Crippen LogP) is 7.24. The van der Waals surface area contributed by atoms with Crippen LogP contribution in [-0.4, -0.2) is 4.57 Å². The van der Waals surface area contributed by atoms with Gasteiger partial charge in [-0.05, 0) is 48.6 Å². The summed E-state index contributed by atoms with van der Waals surface area (Å²) in [5, 5.41) is 0. The number of rotatable bonds is 5. The van der Waals surface area contributed by atoms with Crippen molar-refractivity contribution in [2.75, 3.05) is 0 Å². The lowest BCUT2D eigenvalue weighted by atomic mass is 9.96. The molecule has 1 nitrogen and oxygen atoms in total. The monoisotopic (exact) mass is 365 g/mol. The normalized spacial score (nSPS) is 11.0. The van der Waals surface area contributed by atoms with Crippen LogP contribution in [0.25, 0.3) is 28.1 Å². The molecule has 1 heteroatoms. The second kappa shape index (κ2) is 7.90. The number of aryl methyl sites for hydroxylation is 1. The Balaban J connectivity index is 2.11. The summed E-state index contributed by atoms with van der Waals surface area (Å²) in [7, 11) is 0. The molecule has 28 heavy (non-hydrogen) atoms. The Morgan fingerprint density at radius 1 is 0.643 bits per heavy atom. The van der Waals surface area contributed by atoms with E-state index in [9.17, 15) is 0 Å². The van der Waals surface area contributed by atoms with Gasteiger partial charge in [0.1, 0.15) is 0 Å². The first-order chi connectivity index (χ1) is 13.7. The van der Waals surface area contributed by atoms with Crippen LogP contribution in [0.4, 0.5) is 0 Å². The molecule has 0 N–H and O–H groups in total. The van der Waals surface area contributed by atoms with Crippen LogP contribution < -0.4 is 0 Å². The number of benzene rings is 3. The van der Waals surface area contributed by atoms with Gasteiger partial charge in [-0.25, -0.2) is 0 Å². The molecule has 0 radical (unpaired) electrons. The lowest BCUT2D eigenvalue weighted by Gasteiger charge is -2.15. The van der Waals surface area contributed by atoms with Gasteiger partial charge in [-0.1, -0.05) is 92.2 Å². The Morgan fingerprint density at radius 3 is 1.75 bits per heavy atom. The molecule has 4 rings (SSSR count). The van der Waals surface area contributed by atoms with Gasteiger partial charge in [-0.3, -0.25) is 0 Å². The number of aromatic nitrogens is 1. The second-order valence-electron chi connectivity index (χ2n) is 7.26. The summed E-state index contributed by atoms with van der Waals surface area (Å²) < 4.78 is 2.48. The molecule has 0 bridgehead atoms. The van der Waals surface area contributed by atoms with Crippen molar-refractivity contribution in [2.45, 2.75) is 33.6 Å². The van der Waals surface area contributed by atoms with Crippen LogP contribution in [0.5, 0.6) is 0 Å². The predicted molar refractivity (Wildman–Crippen MR) is 120 cm³/mol. The molecule has 0 atom stereocenters. The number of hydrogen-bond donors (Lipinski definition) is 0. The summed E-state index contributed by atoms with van der Waals surface area (Å²) in [5.41, 5.74) is 10.6. The van der Waals surface area contributed by atoms with Gasteiger partial charge in [-0.15, -0.1) is 0 Å². The molecular formula is C27H27N. The van der Waals surface area contributed by atoms with E-state index in [1.807, 2.05) is 0 Å². The lowest BCUT2D eigenvalue weighted by molar-refractivity contribution is 0.942.